The van der Waals surface area contributed by atoms with E-state index in [1.165, 1.54) is 5.56 Å². The van der Waals surface area contributed by atoms with Gasteiger partial charge in [-0.25, -0.2) is 0 Å². The van der Waals surface area contributed by atoms with Crippen molar-refractivity contribution in [3.63, 3.8) is 0 Å². The number of halogens is 1. The van der Waals surface area contributed by atoms with E-state index in [0.717, 1.165) is 11.1 Å². The van der Waals surface area contributed by atoms with E-state index in [1.807, 2.05) is 50.2 Å². The highest BCUT2D eigenvalue weighted by Crippen LogP contribution is 2.26. The van der Waals surface area contributed by atoms with Gasteiger partial charge in [-0.3, -0.25) is 4.79 Å². The Balaban J connectivity index is 1.30. The number of ether oxygens (including phenoxy) is 2. The van der Waals surface area contributed by atoms with Crippen LogP contribution >= 0.6 is 11.6 Å². The summed E-state index contributed by atoms with van der Waals surface area (Å²) in [6.07, 6.45) is 0. The Kier molecular flexibility index (Phi) is 6.51. The molecule has 32 heavy (non-hydrogen) atoms. The molecule has 0 unspecified atom stereocenters. The van der Waals surface area contributed by atoms with Gasteiger partial charge in [0.1, 0.15) is 12.4 Å². The zero-order valence-electron chi connectivity index (χ0n) is 17.7. The summed E-state index contributed by atoms with van der Waals surface area (Å²) in [5.74, 6) is 1.34. The van der Waals surface area contributed by atoms with Crippen molar-refractivity contribution in [1.29, 1.82) is 0 Å². The third kappa shape index (κ3) is 4.97. The molecule has 0 radical (unpaired) electrons. The Morgan fingerprint density at radius 1 is 1.03 bits per heavy atom. The smallest absolute Gasteiger partial charge is 0.258 e. The second-order valence-electron chi connectivity index (χ2n) is 7.18. The molecule has 0 atom stereocenters. The first-order valence-electron chi connectivity index (χ1n) is 10.1. The SMILES string of the molecule is Cc1ccc(OCC(=O)NCCOc2ccc3nnc(-c4ccccc4Cl)n3n2)cc1C. The van der Waals surface area contributed by atoms with Crippen molar-refractivity contribution < 1.29 is 14.3 Å². The Labute approximate surface area is 190 Å². The summed E-state index contributed by atoms with van der Waals surface area (Å²) in [5, 5.41) is 16.1. The molecule has 0 saturated heterocycles. The molecular formula is C23H22ClN5O3. The van der Waals surface area contributed by atoms with Crippen LogP contribution < -0.4 is 14.8 Å². The van der Waals surface area contributed by atoms with Crippen molar-refractivity contribution in [3.8, 4) is 23.0 Å². The van der Waals surface area contributed by atoms with Crippen molar-refractivity contribution in [2.24, 2.45) is 0 Å². The molecule has 0 aliphatic carbocycles. The van der Waals surface area contributed by atoms with Crippen molar-refractivity contribution in [3.05, 3.63) is 70.7 Å². The topological polar surface area (TPSA) is 90.6 Å². The average Bonchev–Trinajstić information content (AvgIpc) is 3.21. The van der Waals surface area contributed by atoms with Crippen LogP contribution in [-0.2, 0) is 4.79 Å². The Hall–Kier alpha value is -3.65. The van der Waals surface area contributed by atoms with E-state index < -0.39 is 0 Å². The molecule has 2 aromatic carbocycles. The van der Waals surface area contributed by atoms with Crippen LogP contribution in [0.5, 0.6) is 11.6 Å². The second-order valence-corrected chi connectivity index (χ2v) is 7.59. The molecule has 0 aliphatic rings. The number of nitrogens with zero attached hydrogens (tertiary/aromatic N) is 4. The van der Waals surface area contributed by atoms with Crippen molar-refractivity contribution in [1.82, 2.24) is 25.1 Å². The van der Waals surface area contributed by atoms with Crippen molar-refractivity contribution in [2.45, 2.75) is 13.8 Å². The summed E-state index contributed by atoms with van der Waals surface area (Å²) in [4.78, 5) is 12.0. The van der Waals surface area contributed by atoms with Crippen molar-refractivity contribution >= 4 is 23.2 Å². The van der Waals surface area contributed by atoms with Gasteiger partial charge in [-0.05, 0) is 55.3 Å². The number of carbonyl (C=O) groups excluding carboxylic acids is 1. The van der Waals surface area contributed by atoms with Gasteiger partial charge in [0, 0.05) is 11.6 Å². The van der Waals surface area contributed by atoms with Gasteiger partial charge < -0.3 is 14.8 Å². The zero-order chi connectivity index (χ0) is 22.5. The number of hydrogen-bond acceptors (Lipinski definition) is 6. The van der Waals surface area contributed by atoms with E-state index in [9.17, 15) is 4.79 Å². The fourth-order valence-electron chi connectivity index (χ4n) is 3.01. The highest BCUT2D eigenvalue weighted by atomic mass is 35.5. The Bertz CT molecular complexity index is 1260. The van der Waals surface area contributed by atoms with Crippen LogP contribution in [0.25, 0.3) is 17.0 Å². The van der Waals surface area contributed by atoms with E-state index in [0.29, 0.717) is 34.7 Å². The molecule has 2 aromatic heterocycles. The standard InChI is InChI=1S/C23H22ClN5O3/c1-15-7-8-17(13-16(15)2)32-14-21(30)25-11-12-31-22-10-9-20-26-27-23(29(20)28-22)18-5-3-4-6-19(18)24/h3-10,13H,11-12,14H2,1-2H3,(H,25,30). The average molecular weight is 452 g/mol. The maximum absolute atomic E-state index is 12.0. The molecule has 2 heterocycles. The predicted molar refractivity (Wildman–Crippen MR) is 121 cm³/mol. The first-order chi connectivity index (χ1) is 15.5. The highest BCUT2D eigenvalue weighted by Gasteiger charge is 2.13. The largest absolute Gasteiger partial charge is 0.484 e. The second kappa shape index (κ2) is 9.65. The molecule has 1 N–H and O–H groups in total. The number of benzene rings is 2. The summed E-state index contributed by atoms with van der Waals surface area (Å²) in [7, 11) is 0. The lowest BCUT2D eigenvalue weighted by molar-refractivity contribution is -0.123. The number of fused-ring (bicyclic) bond motifs is 1. The third-order valence-corrected chi connectivity index (χ3v) is 5.21. The fourth-order valence-corrected chi connectivity index (χ4v) is 3.23. The van der Waals surface area contributed by atoms with Gasteiger partial charge in [-0.1, -0.05) is 29.8 Å². The summed E-state index contributed by atoms with van der Waals surface area (Å²) < 4.78 is 12.8. The van der Waals surface area contributed by atoms with Gasteiger partial charge in [0.15, 0.2) is 18.1 Å². The maximum atomic E-state index is 12.0. The molecule has 4 rings (SSSR count). The predicted octanol–water partition coefficient (Wildman–Crippen LogP) is 3.64. The normalized spacial score (nSPS) is 10.8. The molecule has 0 aliphatic heterocycles. The lowest BCUT2D eigenvalue weighted by atomic mass is 10.1. The van der Waals surface area contributed by atoms with Crippen LogP contribution in [0.1, 0.15) is 11.1 Å². The molecule has 1 amide bonds. The van der Waals surface area contributed by atoms with Gasteiger partial charge in [0.05, 0.1) is 11.6 Å². The summed E-state index contributed by atoms with van der Waals surface area (Å²) in [6.45, 7) is 4.53. The Morgan fingerprint density at radius 3 is 2.69 bits per heavy atom. The van der Waals surface area contributed by atoms with Crippen LogP contribution in [0.4, 0.5) is 0 Å². The highest BCUT2D eigenvalue weighted by molar-refractivity contribution is 6.33. The maximum Gasteiger partial charge on any atom is 0.258 e. The van der Waals surface area contributed by atoms with Crippen LogP contribution in [-0.4, -0.2) is 45.5 Å². The molecular weight excluding hydrogens is 430 g/mol. The lowest BCUT2D eigenvalue weighted by Crippen LogP contribution is -2.32. The number of aromatic nitrogens is 4. The number of carbonyl (C=O) groups is 1. The minimum absolute atomic E-state index is 0.0609. The monoisotopic (exact) mass is 451 g/mol. The van der Waals surface area contributed by atoms with Crippen LogP contribution in [0.2, 0.25) is 5.02 Å². The van der Waals surface area contributed by atoms with Gasteiger partial charge in [0.2, 0.25) is 5.88 Å². The van der Waals surface area contributed by atoms with E-state index in [1.54, 1.807) is 22.7 Å². The van der Waals surface area contributed by atoms with E-state index in [2.05, 4.69) is 20.6 Å². The van der Waals surface area contributed by atoms with Gasteiger partial charge >= 0.3 is 0 Å². The molecule has 4 aromatic rings. The Morgan fingerprint density at radius 2 is 1.88 bits per heavy atom. The van der Waals surface area contributed by atoms with E-state index in [-0.39, 0.29) is 19.1 Å². The zero-order valence-corrected chi connectivity index (χ0v) is 18.5. The first-order valence-corrected chi connectivity index (χ1v) is 10.5. The van der Waals surface area contributed by atoms with E-state index >= 15 is 0 Å². The molecule has 0 bridgehead atoms. The number of nitrogens with one attached hydrogen (secondary N) is 1. The van der Waals surface area contributed by atoms with E-state index in [4.69, 9.17) is 21.1 Å². The lowest BCUT2D eigenvalue weighted by Gasteiger charge is -2.10. The number of aryl methyl sites for hydroxylation is 2. The molecule has 9 heteroatoms. The minimum atomic E-state index is -0.227. The molecule has 0 fully saturated rings. The summed E-state index contributed by atoms with van der Waals surface area (Å²) in [5.41, 5.74) is 3.59. The van der Waals surface area contributed by atoms with Crippen LogP contribution in [0.3, 0.4) is 0 Å². The first kappa shape index (κ1) is 21.6. The quantitative estimate of drug-likeness (QED) is 0.411. The fraction of sp³-hybridized carbons (Fsp3) is 0.217. The van der Waals surface area contributed by atoms with Crippen LogP contribution in [0, 0.1) is 13.8 Å². The minimum Gasteiger partial charge on any atom is -0.484 e. The number of amides is 1. The molecule has 0 spiro atoms. The molecule has 0 saturated carbocycles. The summed E-state index contributed by atoms with van der Waals surface area (Å²) >= 11 is 6.28. The van der Waals surface area contributed by atoms with Crippen LogP contribution in [0.15, 0.2) is 54.6 Å². The number of hydrogen-bond donors (Lipinski definition) is 1. The molecule has 164 valence electrons. The van der Waals surface area contributed by atoms with Gasteiger partial charge in [-0.2, -0.15) is 4.52 Å². The van der Waals surface area contributed by atoms with Gasteiger partial charge in [-0.15, -0.1) is 15.3 Å². The third-order valence-electron chi connectivity index (χ3n) is 4.88. The molecule has 8 nitrogen and oxygen atoms in total. The van der Waals surface area contributed by atoms with Gasteiger partial charge in [0.25, 0.3) is 5.91 Å². The van der Waals surface area contributed by atoms with Crippen molar-refractivity contribution in [2.75, 3.05) is 19.8 Å². The number of rotatable bonds is 8. The summed E-state index contributed by atoms with van der Waals surface area (Å²) in [6, 6.07) is 16.5.